The van der Waals surface area contributed by atoms with Gasteiger partial charge in [-0.05, 0) is 28.9 Å². The Hall–Kier alpha value is -0.770. The Bertz CT molecular complexity index is 241. The summed E-state index contributed by atoms with van der Waals surface area (Å²) in [5.74, 6) is 1.45. The van der Waals surface area contributed by atoms with Crippen molar-refractivity contribution >= 4 is 20.6 Å². The zero-order valence-corrected chi connectivity index (χ0v) is 8.52. The molecule has 0 amide bonds. The van der Waals surface area contributed by atoms with Crippen LogP contribution in [-0.2, 0) is 4.74 Å². The van der Waals surface area contributed by atoms with E-state index < -0.39 is 0 Å². The van der Waals surface area contributed by atoms with E-state index in [1.807, 2.05) is 6.92 Å². The molecule has 0 aromatic heterocycles. The summed E-state index contributed by atoms with van der Waals surface area (Å²) >= 11 is 3.25. The van der Waals surface area contributed by atoms with Crippen LogP contribution in [0.1, 0.15) is 6.92 Å². The van der Waals surface area contributed by atoms with Crippen LogP contribution in [-0.4, -0.2) is 17.8 Å². The van der Waals surface area contributed by atoms with Gasteiger partial charge in [0.1, 0.15) is 6.61 Å². The molecule has 1 aliphatic heterocycles. The molecule has 0 radical (unpaired) electrons. The number of rotatable bonds is 2. The van der Waals surface area contributed by atoms with Gasteiger partial charge < -0.3 is 10.1 Å². The average Bonchev–Trinajstić information content (AvgIpc) is 2.04. The van der Waals surface area contributed by atoms with Crippen molar-refractivity contribution in [2.24, 2.45) is 4.99 Å². The van der Waals surface area contributed by atoms with Gasteiger partial charge in [-0.2, -0.15) is 0 Å². The zero-order valence-electron chi connectivity index (χ0n) is 6.93. The fourth-order valence-electron chi connectivity index (χ4n) is 0.890. The summed E-state index contributed by atoms with van der Waals surface area (Å²) in [6, 6.07) is 0. The fourth-order valence-corrected chi connectivity index (χ4v) is 1.07. The Morgan fingerprint density at radius 1 is 1.83 bits per heavy atom. The third-order valence-corrected chi connectivity index (χ3v) is 1.51. The molecule has 0 bridgehead atoms. The van der Waals surface area contributed by atoms with E-state index in [1.54, 1.807) is 6.08 Å². The minimum absolute atomic E-state index is 0.668. The van der Waals surface area contributed by atoms with Crippen molar-refractivity contribution in [3.8, 4) is 0 Å². The molecule has 4 heteroatoms. The molecular weight excluding hydrogens is 220 g/mol. The van der Waals surface area contributed by atoms with Crippen molar-refractivity contribution in [1.82, 2.24) is 5.32 Å². The Labute approximate surface area is 80.3 Å². The monoisotopic (exact) mass is 230 g/mol. The van der Waals surface area contributed by atoms with Crippen LogP contribution >= 0.6 is 15.9 Å². The fraction of sp³-hybridized carbons (Fsp3) is 0.375. The summed E-state index contributed by atoms with van der Waals surface area (Å²) < 4.78 is 6.13. The minimum Gasteiger partial charge on any atom is -0.488 e. The van der Waals surface area contributed by atoms with Gasteiger partial charge >= 0.3 is 0 Å². The maximum absolute atomic E-state index is 5.31. The van der Waals surface area contributed by atoms with E-state index in [2.05, 4.69) is 32.8 Å². The Morgan fingerprint density at radius 2 is 2.58 bits per heavy atom. The second-order valence-electron chi connectivity index (χ2n) is 2.30. The third-order valence-electron chi connectivity index (χ3n) is 1.34. The quantitative estimate of drug-likeness (QED) is 0.735. The van der Waals surface area contributed by atoms with Gasteiger partial charge in [0, 0.05) is 0 Å². The van der Waals surface area contributed by atoms with E-state index in [-0.39, 0.29) is 0 Å². The van der Waals surface area contributed by atoms with Crippen molar-refractivity contribution in [1.29, 1.82) is 0 Å². The maximum Gasteiger partial charge on any atom is 0.169 e. The van der Waals surface area contributed by atoms with Crippen LogP contribution in [0.25, 0.3) is 0 Å². The average molecular weight is 231 g/mol. The van der Waals surface area contributed by atoms with Crippen LogP contribution < -0.4 is 5.32 Å². The number of nitrogens with one attached hydrogen (secondary N) is 1. The Balaban J connectivity index is 2.87. The lowest BCUT2D eigenvalue weighted by molar-refractivity contribution is 0.203. The maximum atomic E-state index is 5.31. The molecule has 0 fully saturated rings. The highest BCUT2D eigenvalue weighted by Crippen LogP contribution is 2.11. The standard InChI is InChI=1S/C8H11BrN2O/c1-3-7-8(11-6(2)9)10-4-5-12-7/h3,10H,1,4-5H2,2H3/b11-6+. The molecule has 0 aromatic rings. The number of nitrogens with zero attached hydrogens (tertiary/aromatic N) is 1. The van der Waals surface area contributed by atoms with Gasteiger partial charge in [0.15, 0.2) is 11.6 Å². The molecular formula is C8H11BrN2O. The number of halogens is 1. The molecule has 0 atom stereocenters. The molecule has 0 saturated heterocycles. The van der Waals surface area contributed by atoms with E-state index in [0.717, 1.165) is 17.0 Å². The number of aliphatic imine (C=N–C) groups is 1. The SMILES string of the molecule is C=CC1=C(/N=C(\C)Br)NCCO1. The molecule has 1 N–H and O–H groups in total. The van der Waals surface area contributed by atoms with Gasteiger partial charge in [0.25, 0.3) is 0 Å². The van der Waals surface area contributed by atoms with Crippen LogP contribution in [0, 0.1) is 0 Å². The lowest BCUT2D eigenvalue weighted by Gasteiger charge is -2.17. The first kappa shape index (κ1) is 9.32. The highest BCUT2D eigenvalue weighted by Gasteiger charge is 2.09. The summed E-state index contributed by atoms with van der Waals surface area (Å²) in [5.41, 5.74) is 0. The molecule has 1 heterocycles. The van der Waals surface area contributed by atoms with E-state index in [4.69, 9.17) is 4.74 Å². The zero-order chi connectivity index (χ0) is 8.97. The van der Waals surface area contributed by atoms with Gasteiger partial charge in [0.2, 0.25) is 0 Å². The van der Waals surface area contributed by atoms with Crippen molar-refractivity contribution in [2.75, 3.05) is 13.2 Å². The van der Waals surface area contributed by atoms with Crippen LogP contribution in [0.5, 0.6) is 0 Å². The highest BCUT2D eigenvalue weighted by atomic mass is 79.9. The van der Waals surface area contributed by atoms with E-state index >= 15 is 0 Å². The number of hydrogen-bond donors (Lipinski definition) is 1. The molecule has 0 aliphatic carbocycles. The van der Waals surface area contributed by atoms with Crippen LogP contribution in [0.3, 0.4) is 0 Å². The third kappa shape index (κ3) is 2.37. The lowest BCUT2D eigenvalue weighted by Crippen LogP contribution is -2.25. The topological polar surface area (TPSA) is 33.6 Å². The predicted molar refractivity (Wildman–Crippen MR) is 53.2 cm³/mol. The molecule has 0 spiro atoms. The van der Waals surface area contributed by atoms with Crippen molar-refractivity contribution in [3.05, 3.63) is 24.2 Å². The molecule has 12 heavy (non-hydrogen) atoms. The molecule has 0 unspecified atom stereocenters. The van der Waals surface area contributed by atoms with E-state index in [1.165, 1.54) is 0 Å². The molecule has 66 valence electrons. The van der Waals surface area contributed by atoms with E-state index in [9.17, 15) is 0 Å². The molecule has 1 aliphatic rings. The summed E-state index contributed by atoms with van der Waals surface area (Å²) in [7, 11) is 0. The number of ether oxygens (including phenoxy) is 1. The number of allylic oxidation sites excluding steroid dienone is 1. The molecule has 0 aromatic carbocycles. The normalized spacial score (nSPS) is 18.3. The highest BCUT2D eigenvalue weighted by molar-refractivity contribution is 9.18. The Kier molecular flexibility index (Phi) is 3.34. The minimum atomic E-state index is 0.668. The van der Waals surface area contributed by atoms with Crippen LogP contribution in [0.15, 0.2) is 29.2 Å². The summed E-state index contributed by atoms with van der Waals surface area (Å²) in [6.45, 7) is 6.96. The van der Waals surface area contributed by atoms with Crippen molar-refractivity contribution < 1.29 is 4.74 Å². The van der Waals surface area contributed by atoms with Crippen LogP contribution in [0.4, 0.5) is 0 Å². The van der Waals surface area contributed by atoms with Gasteiger partial charge in [-0.1, -0.05) is 6.58 Å². The first-order chi connectivity index (χ1) is 5.74. The second-order valence-corrected chi connectivity index (χ2v) is 3.45. The summed E-state index contributed by atoms with van der Waals surface area (Å²) in [6.07, 6.45) is 1.65. The summed E-state index contributed by atoms with van der Waals surface area (Å²) in [5, 5.41) is 3.12. The molecule has 1 rings (SSSR count). The van der Waals surface area contributed by atoms with Gasteiger partial charge in [-0.3, -0.25) is 0 Å². The van der Waals surface area contributed by atoms with Crippen LogP contribution in [0.2, 0.25) is 0 Å². The smallest absolute Gasteiger partial charge is 0.169 e. The molecule has 0 saturated carbocycles. The number of hydrogen-bond acceptors (Lipinski definition) is 3. The first-order valence-electron chi connectivity index (χ1n) is 3.68. The summed E-state index contributed by atoms with van der Waals surface area (Å²) in [4.78, 5) is 4.19. The van der Waals surface area contributed by atoms with Gasteiger partial charge in [0.05, 0.1) is 11.2 Å². The predicted octanol–water partition coefficient (Wildman–Crippen LogP) is 1.77. The van der Waals surface area contributed by atoms with Crippen molar-refractivity contribution in [2.45, 2.75) is 6.92 Å². The van der Waals surface area contributed by atoms with Crippen molar-refractivity contribution in [3.63, 3.8) is 0 Å². The first-order valence-corrected chi connectivity index (χ1v) is 4.47. The molecule has 3 nitrogen and oxygen atoms in total. The Morgan fingerprint density at radius 3 is 3.17 bits per heavy atom. The van der Waals surface area contributed by atoms with Gasteiger partial charge in [-0.15, -0.1) is 0 Å². The largest absolute Gasteiger partial charge is 0.488 e. The van der Waals surface area contributed by atoms with E-state index in [0.29, 0.717) is 12.4 Å². The lowest BCUT2D eigenvalue weighted by atomic mass is 10.4. The second kappa shape index (κ2) is 4.30. The van der Waals surface area contributed by atoms with Gasteiger partial charge in [-0.25, -0.2) is 4.99 Å².